The molecule has 70 valence electrons. The molecule has 0 spiro atoms. The second-order valence-corrected chi connectivity index (χ2v) is 4.41. The lowest BCUT2D eigenvalue weighted by atomic mass is 10.2. The summed E-state index contributed by atoms with van der Waals surface area (Å²) in [6.07, 6.45) is 0.867. The topological polar surface area (TPSA) is 12.0 Å². The maximum atomic E-state index is 3.52. The fourth-order valence-corrected chi connectivity index (χ4v) is 2.84. The molecule has 0 aliphatic heterocycles. The highest BCUT2D eigenvalue weighted by Gasteiger charge is 2.12. The van der Waals surface area contributed by atoms with Gasteiger partial charge in [-0.05, 0) is 41.3 Å². The molecule has 0 aliphatic rings. The van der Waals surface area contributed by atoms with Gasteiger partial charge < -0.3 is 5.32 Å². The maximum absolute atomic E-state index is 3.52. The van der Waals surface area contributed by atoms with Gasteiger partial charge in [0.15, 0.2) is 0 Å². The minimum Gasteiger partial charge on any atom is -0.312 e. The van der Waals surface area contributed by atoms with Gasteiger partial charge >= 0.3 is 0 Å². The van der Waals surface area contributed by atoms with Crippen molar-refractivity contribution in [2.24, 2.45) is 0 Å². The lowest BCUT2D eigenvalue weighted by Gasteiger charge is -2.11. The summed E-state index contributed by atoms with van der Waals surface area (Å²) in [5.41, 5.74) is 0. The number of halogens is 1. The number of hydrogen-bond donors (Lipinski definition) is 1. The van der Waals surface area contributed by atoms with E-state index in [-0.39, 0.29) is 0 Å². The molecule has 1 atom stereocenters. The molecule has 0 amide bonds. The second kappa shape index (κ2) is 5.43. The highest BCUT2D eigenvalue weighted by atomic mass is 79.9. The monoisotopic (exact) mass is 257 g/mol. The Morgan fingerprint density at radius 3 is 2.92 bits per heavy atom. The van der Waals surface area contributed by atoms with Gasteiger partial charge in [0.2, 0.25) is 0 Å². The molecule has 0 fully saturated rings. The van der Waals surface area contributed by atoms with Crippen molar-refractivity contribution in [2.45, 2.75) is 19.4 Å². The quantitative estimate of drug-likeness (QED) is 0.821. The fourth-order valence-electron chi connectivity index (χ4n) is 1.08. The summed E-state index contributed by atoms with van der Waals surface area (Å²) in [7, 11) is 1.97. The van der Waals surface area contributed by atoms with Gasteiger partial charge in [0.05, 0.1) is 6.04 Å². The molecule has 1 unspecified atom stereocenters. The maximum Gasteiger partial charge on any atom is 0.0534 e. The summed E-state index contributed by atoms with van der Waals surface area (Å²) < 4.78 is 1.18. The number of thiophene rings is 1. The minimum absolute atomic E-state index is 0.349. The van der Waals surface area contributed by atoms with Gasteiger partial charge in [-0.25, -0.2) is 0 Å². The van der Waals surface area contributed by atoms with Crippen LogP contribution in [0.1, 0.15) is 24.3 Å². The Kier molecular flexibility index (Phi) is 4.51. The van der Waals surface area contributed by atoms with Crippen molar-refractivity contribution >= 4 is 27.3 Å². The highest BCUT2D eigenvalue weighted by molar-refractivity contribution is 9.10. The van der Waals surface area contributed by atoms with Gasteiger partial charge in [-0.2, -0.15) is 0 Å². The van der Waals surface area contributed by atoms with Crippen LogP contribution in [0.5, 0.6) is 0 Å². The van der Waals surface area contributed by atoms with Gasteiger partial charge in [0.25, 0.3) is 0 Å². The molecule has 13 heavy (non-hydrogen) atoms. The van der Waals surface area contributed by atoms with Gasteiger partial charge in [0, 0.05) is 15.8 Å². The summed E-state index contributed by atoms with van der Waals surface area (Å²) in [5.74, 6) is 6.00. The van der Waals surface area contributed by atoms with E-state index < -0.39 is 0 Å². The van der Waals surface area contributed by atoms with Crippen molar-refractivity contribution in [3.8, 4) is 11.8 Å². The molecule has 0 bridgehead atoms. The Morgan fingerprint density at radius 2 is 2.46 bits per heavy atom. The van der Waals surface area contributed by atoms with Crippen molar-refractivity contribution in [3.63, 3.8) is 0 Å². The van der Waals surface area contributed by atoms with E-state index in [0.29, 0.717) is 6.04 Å². The van der Waals surface area contributed by atoms with E-state index in [1.807, 2.05) is 14.0 Å². The molecule has 0 radical (unpaired) electrons. The molecule has 1 rings (SSSR count). The van der Waals surface area contributed by atoms with Gasteiger partial charge in [-0.15, -0.1) is 23.2 Å². The van der Waals surface area contributed by atoms with Crippen molar-refractivity contribution in [3.05, 3.63) is 20.8 Å². The molecule has 0 saturated heterocycles. The van der Waals surface area contributed by atoms with Gasteiger partial charge in [-0.1, -0.05) is 0 Å². The zero-order valence-electron chi connectivity index (χ0n) is 7.73. The van der Waals surface area contributed by atoms with Crippen molar-refractivity contribution in [2.75, 3.05) is 7.05 Å². The third-order valence-electron chi connectivity index (χ3n) is 1.79. The Morgan fingerprint density at radius 1 is 1.69 bits per heavy atom. The lowest BCUT2D eigenvalue weighted by Crippen LogP contribution is -2.14. The largest absolute Gasteiger partial charge is 0.312 e. The zero-order valence-corrected chi connectivity index (χ0v) is 10.1. The predicted octanol–water partition coefficient (Wildman–Crippen LogP) is 3.18. The van der Waals surface area contributed by atoms with Crippen LogP contribution in [0, 0.1) is 11.8 Å². The number of hydrogen-bond acceptors (Lipinski definition) is 2. The first kappa shape index (κ1) is 10.8. The summed E-state index contributed by atoms with van der Waals surface area (Å²) >= 11 is 5.28. The van der Waals surface area contributed by atoms with E-state index in [4.69, 9.17) is 0 Å². The molecule has 0 saturated carbocycles. The minimum atomic E-state index is 0.349. The molecule has 1 heterocycles. The van der Waals surface area contributed by atoms with Crippen molar-refractivity contribution in [1.82, 2.24) is 5.32 Å². The summed E-state index contributed by atoms with van der Waals surface area (Å²) in [6.45, 7) is 1.87. The van der Waals surface area contributed by atoms with Crippen LogP contribution < -0.4 is 5.32 Å². The Balaban J connectivity index is 2.76. The summed E-state index contributed by atoms with van der Waals surface area (Å²) in [4.78, 5) is 1.32. The lowest BCUT2D eigenvalue weighted by molar-refractivity contribution is 0.620. The SMILES string of the molecule is CC#CCC(NC)c1sccc1Br. The van der Waals surface area contributed by atoms with Crippen LogP contribution in [0.2, 0.25) is 0 Å². The van der Waals surface area contributed by atoms with E-state index in [0.717, 1.165) is 6.42 Å². The average molecular weight is 258 g/mol. The first-order valence-electron chi connectivity index (χ1n) is 4.09. The zero-order chi connectivity index (χ0) is 9.68. The molecular formula is C10H12BrNS. The first-order valence-corrected chi connectivity index (χ1v) is 5.76. The van der Waals surface area contributed by atoms with Crippen LogP contribution in [0.4, 0.5) is 0 Å². The molecule has 0 aromatic carbocycles. The van der Waals surface area contributed by atoms with E-state index in [1.54, 1.807) is 11.3 Å². The Labute approximate surface area is 91.7 Å². The van der Waals surface area contributed by atoms with Gasteiger partial charge in [0.1, 0.15) is 0 Å². The van der Waals surface area contributed by atoms with Gasteiger partial charge in [-0.3, -0.25) is 0 Å². The van der Waals surface area contributed by atoms with Crippen LogP contribution in [0.25, 0.3) is 0 Å². The van der Waals surface area contributed by atoms with Crippen LogP contribution in [0.3, 0.4) is 0 Å². The van der Waals surface area contributed by atoms with Crippen LogP contribution in [-0.4, -0.2) is 7.05 Å². The summed E-state index contributed by atoms with van der Waals surface area (Å²) in [6, 6.07) is 2.42. The van der Waals surface area contributed by atoms with Crippen LogP contribution >= 0.6 is 27.3 Å². The first-order chi connectivity index (χ1) is 6.29. The molecule has 1 aromatic heterocycles. The Hall–Kier alpha value is -0.300. The van der Waals surface area contributed by atoms with Crippen LogP contribution in [0.15, 0.2) is 15.9 Å². The number of rotatable bonds is 3. The molecule has 1 nitrogen and oxygen atoms in total. The van der Waals surface area contributed by atoms with E-state index >= 15 is 0 Å². The van der Waals surface area contributed by atoms with Crippen LogP contribution in [-0.2, 0) is 0 Å². The highest BCUT2D eigenvalue weighted by Crippen LogP contribution is 2.30. The molecule has 1 N–H and O–H groups in total. The standard InChI is InChI=1S/C10H12BrNS/c1-3-4-5-9(12-2)10-8(11)6-7-13-10/h6-7,9,12H,5H2,1-2H3. The predicted molar refractivity (Wildman–Crippen MR) is 61.9 cm³/mol. The average Bonchev–Trinajstić information content (AvgIpc) is 2.54. The smallest absolute Gasteiger partial charge is 0.0534 e. The fraction of sp³-hybridized carbons (Fsp3) is 0.400. The summed E-state index contributed by atoms with van der Waals surface area (Å²) in [5, 5.41) is 5.34. The third kappa shape index (κ3) is 2.84. The Bertz CT molecular complexity index is 321. The van der Waals surface area contributed by atoms with Crippen molar-refractivity contribution < 1.29 is 0 Å². The van der Waals surface area contributed by atoms with E-state index in [9.17, 15) is 0 Å². The van der Waals surface area contributed by atoms with E-state index in [2.05, 4.69) is 44.5 Å². The van der Waals surface area contributed by atoms with Crippen molar-refractivity contribution in [1.29, 1.82) is 0 Å². The van der Waals surface area contributed by atoms with E-state index in [1.165, 1.54) is 9.35 Å². The molecule has 1 aromatic rings. The third-order valence-corrected chi connectivity index (χ3v) is 3.78. The molecule has 0 aliphatic carbocycles. The molecular weight excluding hydrogens is 246 g/mol. The normalized spacial score (nSPS) is 11.9. The molecule has 3 heteroatoms. The second-order valence-electron chi connectivity index (χ2n) is 2.60. The number of nitrogens with one attached hydrogen (secondary N) is 1.